The van der Waals surface area contributed by atoms with Crippen LogP contribution in [0.15, 0.2) is 36.5 Å². The number of nitrogens with one attached hydrogen (secondary N) is 1. The molecule has 0 saturated carbocycles. The first-order valence-corrected chi connectivity index (χ1v) is 11.1. The van der Waals surface area contributed by atoms with Crippen LogP contribution in [0.4, 0.5) is 27.9 Å². The van der Waals surface area contributed by atoms with E-state index < -0.39 is 5.60 Å². The minimum absolute atomic E-state index is 0.261. The highest BCUT2D eigenvalue weighted by atomic mass is 16.6. The number of ether oxygens (including phenoxy) is 2. The molecule has 2 aliphatic rings. The number of hydrogen-bond donors (Lipinski definition) is 1. The van der Waals surface area contributed by atoms with Crippen LogP contribution in [0.3, 0.4) is 0 Å². The van der Waals surface area contributed by atoms with Crippen molar-refractivity contribution in [2.75, 3.05) is 67.6 Å². The van der Waals surface area contributed by atoms with Gasteiger partial charge in [0, 0.05) is 56.8 Å². The molecule has 9 heteroatoms. The number of benzene rings is 1. The van der Waals surface area contributed by atoms with E-state index in [0.717, 1.165) is 37.8 Å². The number of amides is 1. The Labute approximate surface area is 189 Å². The number of rotatable bonds is 4. The summed E-state index contributed by atoms with van der Waals surface area (Å²) in [4.78, 5) is 27.6. The summed E-state index contributed by atoms with van der Waals surface area (Å²) in [5, 5.41) is 3.29. The van der Waals surface area contributed by atoms with Gasteiger partial charge in [-0.1, -0.05) is 0 Å². The fraction of sp³-hybridized carbons (Fsp3) is 0.522. The Bertz CT molecular complexity index is 901. The van der Waals surface area contributed by atoms with Gasteiger partial charge in [0.15, 0.2) is 0 Å². The lowest BCUT2D eigenvalue weighted by atomic mass is 10.2. The molecule has 2 aromatic rings. The van der Waals surface area contributed by atoms with Crippen molar-refractivity contribution in [1.29, 1.82) is 0 Å². The molecule has 2 saturated heterocycles. The summed E-state index contributed by atoms with van der Waals surface area (Å²) >= 11 is 0. The highest BCUT2D eigenvalue weighted by molar-refractivity contribution is 5.68. The molecule has 0 atom stereocenters. The zero-order valence-corrected chi connectivity index (χ0v) is 19.1. The van der Waals surface area contributed by atoms with Gasteiger partial charge in [-0.3, -0.25) is 0 Å². The lowest BCUT2D eigenvalue weighted by Gasteiger charge is -2.36. The molecule has 0 aliphatic carbocycles. The molecule has 0 bridgehead atoms. The molecule has 0 radical (unpaired) electrons. The summed E-state index contributed by atoms with van der Waals surface area (Å²) in [6.45, 7) is 11.6. The smallest absolute Gasteiger partial charge is 0.410 e. The third-order valence-electron chi connectivity index (χ3n) is 5.40. The van der Waals surface area contributed by atoms with E-state index in [2.05, 4.69) is 37.2 Å². The van der Waals surface area contributed by atoms with Gasteiger partial charge in [-0.05, 0) is 51.1 Å². The summed E-state index contributed by atoms with van der Waals surface area (Å²) in [7, 11) is 0. The van der Waals surface area contributed by atoms with Gasteiger partial charge in [0.05, 0.1) is 13.2 Å². The van der Waals surface area contributed by atoms with Crippen molar-refractivity contribution < 1.29 is 14.3 Å². The van der Waals surface area contributed by atoms with E-state index in [-0.39, 0.29) is 6.09 Å². The number of aromatic nitrogens is 2. The van der Waals surface area contributed by atoms with Gasteiger partial charge in [0.25, 0.3) is 0 Å². The monoisotopic (exact) mass is 440 g/mol. The van der Waals surface area contributed by atoms with Crippen molar-refractivity contribution in [3.8, 4) is 0 Å². The predicted octanol–water partition coefficient (Wildman–Crippen LogP) is 3.11. The minimum atomic E-state index is -0.484. The normalized spacial score (nSPS) is 17.3. The van der Waals surface area contributed by atoms with Crippen LogP contribution in [-0.4, -0.2) is 79.0 Å². The first-order valence-electron chi connectivity index (χ1n) is 11.1. The van der Waals surface area contributed by atoms with E-state index in [1.165, 1.54) is 5.69 Å². The Kier molecular flexibility index (Phi) is 6.64. The van der Waals surface area contributed by atoms with Gasteiger partial charge < -0.3 is 29.5 Å². The number of nitrogens with zero attached hydrogens (tertiary/aromatic N) is 5. The van der Waals surface area contributed by atoms with Crippen LogP contribution in [0.2, 0.25) is 0 Å². The number of morpholine rings is 1. The van der Waals surface area contributed by atoms with E-state index in [9.17, 15) is 4.79 Å². The number of anilines is 4. The fourth-order valence-corrected chi connectivity index (χ4v) is 3.74. The molecule has 32 heavy (non-hydrogen) atoms. The Morgan fingerprint density at radius 3 is 2.31 bits per heavy atom. The quantitative estimate of drug-likeness (QED) is 0.777. The summed E-state index contributed by atoms with van der Waals surface area (Å²) in [6, 6.07) is 10.2. The second kappa shape index (κ2) is 9.60. The molecule has 0 spiro atoms. The summed E-state index contributed by atoms with van der Waals surface area (Å²) < 4.78 is 10.9. The molecule has 1 N–H and O–H groups in total. The zero-order valence-electron chi connectivity index (χ0n) is 19.1. The molecular formula is C23H32N6O3. The van der Waals surface area contributed by atoms with E-state index in [1.807, 2.05) is 39.0 Å². The maximum atomic E-state index is 12.3. The van der Waals surface area contributed by atoms with Crippen LogP contribution in [0.5, 0.6) is 0 Å². The van der Waals surface area contributed by atoms with Gasteiger partial charge in [-0.15, -0.1) is 0 Å². The average molecular weight is 441 g/mol. The third-order valence-corrected chi connectivity index (χ3v) is 5.40. The molecule has 1 amide bonds. The van der Waals surface area contributed by atoms with Crippen LogP contribution in [0, 0.1) is 0 Å². The molecule has 2 fully saturated rings. The topological polar surface area (TPSA) is 83.1 Å². The lowest BCUT2D eigenvalue weighted by Crippen LogP contribution is -2.50. The van der Waals surface area contributed by atoms with E-state index >= 15 is 0 Å². The van der Waals surface area contributed by atoms with E-state index in [4.69, 9.17) is 9.47 Å². The second-order valence-corrected chi connectivity index (χ2v) is 8.96. The third kappa shape index (κ3) is 5.79. The van der Waals surface area contributed by atoms with E-state index in [0.29, 0.717) is 32.1 Å². The van der Waals surface area contributed by atoms with Crippen molar-refractivity contribution >= 4 is 29.2 Å². The van der Waals surface area contributed by atoms with Crippen LogP contribution in [-0.2, 0) is 9.47 Å². The maximum Gasteiger partial charge on any atom is 0.410 e. The van der Waals surface area contributed by atoms with Crippen molar-refractivity contribution in [1.82, 2.24) is 14.9 Å². The summed E-state index contributed by atoms with van der Waals surface area (Å²) in [6.07, 6.45) is 1.50. The molecule has 1 aromatic carbocycles. The number of carbonyl (C=O) groups excluding carboxylic acids is 1. The Morgan fingerprint density at radius 2 is 1.66 bits per heavy atom. The van der Waals surface area contributed by atoms with Crippen LogP contribution >= 0.6 is 0 Å². The fourth-order valence-electron chi connectivity index (χ4n) is 3.74. The number of hydrogen-bond acceptors (Lipinski definition) is 8. The summed E-state index contributed by atoms with van der Waals surface area (Å²) in [5.74, 6) is 1.40. The Morgan fingerprint density at radius 1 is 0.969 bits per heavy atom. The predicted molar refractivity (Wildman–Crippen MR) is 125 cm³/mol. The van der Waals surface area contributed by atoms with Gasteiger partial charge in [0.1, 0.15) is 11.4 Å². The lowest BCUT2D eigenvalue weighted by molar-refractivity contribution is 0.0240. The number of carbonyl (C=O) groups is 1. The summed E-state index contributed by atoms with van der Waals surface area (Å²) in [5.41, 5.74) is 1.65. The Balaban J connectivity index is 1.33. The van der Waals surface area contributed by atoms with Crippen LogP contribution in [0.1, 0.15) is 20.8 Å². The number of piperazine rings is 1. The molecular weight excluding hydrogens is 408 g/mol. The molecule has 9 nitrogen and oxygen atoms in total. The SMILES string of the molecule is CC(C)(C)OC(=O)N1CCN(c2ccnc(Nc3ccc(N4CCOCC4)cc3)n2)CC1. The highest BCUT2D eigenvalue weighted by Gasteiger charge is 2.26. The van der Waals surface area contributed by atoms with Gasteiger partial charge >= 0.3 is 6.09 Å². The highest BCUT2D eigenvalue weighted by Crippen LogP contribution is 2.22. The standard InChI is InChI=1S/C23H32N6O3/c1-23(2,3)32-22(30)29-12-10-28(11-13-29)20-8-9-24-21(26-20)25-18-4-6-19(7-5-18)27-14-16-31-17-15-27/h4-9H,10-17H2,1-3H3,(H,24,25,26). The van der Waals surface area contributed by atoms with Crippen LogP contribution in [0.25, 0.3) is 0 Å². The van der Waals surface area contributed by atoms with Crippen molar-refractivity contribution in [3.63, 3.8) is 0 Å². The largest absolute Gasteiger partial charge is 0.444 e. The minimum Gasteiger partial charge on any atom is -0.444 e. The first kappa shape index (κ1) is 22.1. The second-order valence-electron chi connectivity index (χ2n) is 8.96. The van der Waals surface area contributed by atoms with Crippen LogP contribution < -0.4 is 15.1 Å². The van der Waals surface area contributed by atoms with Crippen molar-refractivity contribution in [3.05, 3.63) is 36.5 Å². The Hall–Kier alpha value is -3.07. The van der Waals surface area contributed by atoms with Gasteiger partial charge in [-0.25, -0.2) is 9.78 Å². The molecule has 4 rings (SSSR count). The van der Waals surface area contributed by atoms with Gasteiger partial charge in [-0.2, -0.15) is 4.98 Å². The maximum absolute atomic E-state index is 12.3. The zero-order chi connectivity index (χ0) is 22.6. The molecule has 1 aromatic heterocycles. The molecule has 3 heterocycles. The van der Waals surface area contributed by atoms with Gasteiger partial charge in [0.2, 0.25) is 5.95 Å². The molecule has 172 valence electrons. The van der Waals surface area contributed by atoms with Crippen molar-refractivity contribution in [2.24, 2.45) is 0 Å². The molecule has 2 aliphatic heterocycles. The van der Waals surface area contributed by atoms with Crippen molar-refractivity contribution in [2.45, 2.75) is 26.4 Å². The molecule has 0 unspecified atom stereocenters. The average Bonchev–Trinajstić information content (AvgIpc) is 2.79. The first-order chi connectivity index (χ1) is 15.4. The van der Waals surface area contributed by atoms with E-state index in [1.54, 1.807) is 11.1 Å².